The Morgan fingerprint density at radius 1 is 1.00 bits per heavy atom. The molecule has 32 heavy (non-hydrogen) atoms. The number of carbonyl (C=O) groups excluding carboxylic acids is 1. The van der Waals surface area contributed by atoms with Crippen LogP contribution in [0.4, 0.5) is 10.1 Å². The number of hydrogen-bond acceptors (Lipinski definition) is 5. The van der Waals surface area contributed by atoms with E-state index < -0.39 is 10.0 Å². The molecule has 174 valence electrons. The van der Waals surface area contributed by atoms with Crippen LogP contribution < -0.4 is 14.9 Å². The van der Waals surface area contributed by atoms with Crippen LogP contribution >= 0.6 is 0 Å². The van der Waals surface area contributed by atoms with Gasteiger partial charge in [0.1, 0.15) is 5.82 Å². The number of benzene rings is 2. The van der Waals surface area contributed by atoms with Gasteiger partial charge in [-0.15, -0.1) is 0 Å². The molecular weight excluding hydrogens is 431 g/mol. The van der Waals surface area contributed by atoms with Crippen LogP contribution in [-0.4, -0.2) is 65.0 Å². The molecule has 0 radical (unpaired) electrons. The maximum Gasteiger partial charge on any atom is 0.240 e. The van der Waals surface area contributed by atoms with Crippen LogP contribution in [0.1, 0.15) is 17.5 Å². The standard InChI is InChI=1S/C23H31FN4O3S/c1-18-3-4-19(2)22(17-18)32(30,31)26-10-9-23(29)25-11-12-27-13-15-28(16-14-27)21-7-5-20(24)6-8-21/h3-8,17,26H,9-16H2,1-2H3,(H,25,29). The normalized spacial score (nSPS) is 15.0. The van der Waals surface area contributed by atoms with Crippen molar-refractivity contribution in [3.05, 3.63) is 59.4 Å². The second-order valence-electron chi connectivity index (χ2n) is 8.07. The Hall–Kier alpha value is -2.49. The third-order valence-corrected chi connectivity index (χ3v) is 7.19. The number of hydrogen-bond donors (Lipinski definition) is 2. The number of sulfonamides is 1. The summed E-state index contributed by atoms with van der Waals surface area (Å²) in [5, 5.41) is 2.85. The Morgan fingerprint density at radius 2 is 1.69 bits per heavy atom. The van der Waals surface area contributed by atoms with Gasteiger partial charge in [0, 0.05) is 57.9 Å². The lowest BCUT2D eigenvalue weighted by Gasteiger charge is -2.36. The summed E-state index contributed by atoms with van der Waals surface area (Å²) in [5.41, 5.74) is 2.56. The van der Waals surface area contributed by atoms with Crippen LogP contribution in [0.15, 0.2) is 47.4 Å². The summed E-state index contributed by atoms with van der Waals surface area (Å²) in [5.74, 6) is -0.417. The van der Waals surface area contributed by atoms with Crippen molar-refractivity contribution in [3.8, 4) is 0 Å². The van der Waals surface area contributed by atoms with Crippen molar-refractivity contribution < 1.29 is 17.6 Å². The predicted octanol–water partition coefficient (Wildman–Crippen LogP) is 2.05. The highest BCUT2D eigenvalue weighted by Crippen LogP contribution is 2.17. The zero-order valence-corrected chi connectivity index (χ0v) is 19.4. The SMILES string of the molecule is Cc1ccc(C)c(S(=O)(=O)NCCC(=O)NCCN2CCN(c3ccc(F)cc3)CC2)c1. The molecule has 0 atom stereocenters. The third kappa shape index (κ3) is 6.75. The highest BCUT2D eigenvalue weighted by Gasteiger charge is 2.18. The molecule has 9 heteroatoms. The first kappa shape index (κ1) is 24.2. The zero-order valence-electron chi connectivity index (χ0n) is 18.6. The fourth-order valence-electron chi connectivity index (χ4n) is 3.70. The van der Waals surface area contributed by atoms with Crippen molar-refractivity contribution in [3.63, 3.8) is 0 Å². The second kappa shape index (κ2) is 10.9. The number of anilines is 1. The van der Waals surface area contributed by atoms with Gasteiger partial charge in [0.05, 0.1) is 4.90 Å². The Morgan fingerprint density at radius 3 is 2.38 bits per heavy atom. The van der Waals surface area contributed by atoms with Crippen LogP contribution in [0.2, 0.25) is 0 Å². The van der Waals surface area contributed by atoms with Gasteiger partial charge in [-0.05, 0) is 55.3 Å². The summed E-state index contributed by atoms with van der Waals surface area (Å²) in [7, 11) is -3.64. The predicted molar refractivity (Wildman–Crippen MR) is 124 cm³/mol. The van der Waals surface area contributed by atoms with Crippen molar-refractivity contribution in [2.24, 2.45) is 0 Å². The number of carbonyl (C=O) groups is 1. The van der Waals surface area contributed by atoms with Gasteiger partial charge < -0.3 is 10.2 Å². The lowest BCUT2D eigenvalue weighted by molar-refractivity contribution is -0.120. The summed E-state index contributed by atoms with van der Waals surface area (Å²) in [4.78, 5) is 16.8. The molecule has 1 heterocycles. The second-order valence-corrected chi connectivity index (χ2v) is 9.81. The number of piperazine rings is 1. The van der Waals surface area contributed by atoms with Gasteiger partial charge in [-0.1, -0.05) is 12.1 Å². The minimum atomic E-state index is -3.64. The number of halogens is 1. The summed E-state index contributed by atoms with van der Waals surface area (Å²) >= 11 is 0. The number of rotatable bonds is 9. The molecule has 2 aromatic carbocycles. The van der Waals surface area contributed by atoms with E-state index in [9.17, 15) is 17.6 Å². The Kier molecular flexibility index (Phi) is 8.22. The molecule has 7 nitrogen and oxygen atoms in total. The molecule has 1 aliphatic rings. The van der Waals surface area contributed by atoms with Crippen molar-refractivity contribution in [1.82, 2.24) is 14.9 Å². The number of nitrogens with zero attached hydrogens (tertiary/aromatic N) is 2. The van der Waals surface area contributed by atoms with Crippen molar-refractivity contribution >= 4 is 21.6 Å². The molecule has 1 amide bonds. The van der Waals surface area contributed by atoms with E-state index in [2.05, 4.69) is 19.8 Å². The summed E-state index contributed by atoms with van der Waals surface area (Å²) in [6.45, 7) is 8.31. The van der Waals surface area contributed by atoms with Gasteiger partial charge in [-0.2, -0.15) is 0 Å². The molecule has 0 bridgehead atoms. The van der Waals surface area contributed by atoms with E-state index in [1.165, 1.54) is 12.1 Å². The third-order valence-electron chi connectivity index (χ3n) is 5.59. The van der Waals surface area contributed by atoms with Crippen LogP contribution in [0.3, 0.4) is 0 Å². The van der Waals surface area contributed by atoms with Crippen LogP contribution in [0.5, 0.6) is 0 Å². The molecule has 2 N–H and O–H groups in total. The molecule has 3 rings (SSSR count). The average Bonchev–Trinajstić information content (AvgIpc) is 2.76. The maximum atomic E-state index is 13.1. The largest absolute Gasteiger partial charge is 0.369 e. The van der Waals surface area contributed by atoms with E-state index in [0.29, 0.717) is 12.1 Å². The fourth-order valence-corrected chi connectivity index (χ4v) is 5.06. The lowest BCUT2D eigenvalue weighted by atomic mass is 10.2. The number of amides is 1. The van der Waals surface area contributed by atoms with Gasteiger partial charge in [0.15, 0.2) is 0 Å². The average molecular weight is 463 g/mol. The van der Waals surface area contributed by atoms with E-state index in [0.717, 1.165) is 44.0 Å². The van der Waals surface area contributed by atoms with Crippen molar-refractivity contribution in [2.45, 2.75) is 25.2 Å². The van der Waals surface area contributed by atoms with Gasteiger partial charge in [0.25, 0.3) is 0 Å². The first-order valence-corrected chi connectivity index (χ1v) is 12.3. The quantitative estimate of drug-likeness (QED) is 0.596. The minimum absolute atomic E-state index is 0.0535. The molecule has 0 unspecified atom stereocenters. The smallest absolute Gasteiger partial charge is 0.240 e. The Balaban J connectivity index is 1.33. The summed E-state index contributed by atoms with van der Waals surface area (Å²) < 4.78 is 40.5. The monoisotopic (exact) mass is 462 g/mol. The first-order chi connectivity index (χ1) is 15.2. The maximum absolute atomic E-state index is 13.1. The fraction of sp³-hybridized carbons (Fsp3) is 0.435. The van der Waals surface area contributed by atoms with Crippen LogP contribution in [-0.2, 0) is 14.8 Å². The number of nitrogens with one attached hydrogen (secondary N) is 2. The molecule has 2 aromatic rings. The van der Waals surface area contributed by atoms with E-state index in [4.69, 9.17) is 0 Å². The first-order valence-electron chi connectivity index (χ1n) is 10.8. The summed E-state index contributed by atoms with van der Waals surface area (Å²) in [6, 6.07) is 11.8. The highest BCUT2D eigenvalue weighted by molar-refractivity contribution is 7.89. The Labute approximate surface area is 189 Å². The molecule has 1 aliphatic heterocycles. The van der Waals surface area contributed by atoms with E-state index in [-0.39, 0.29) is 29.6 Å². The zero-order chi connectivity index (χ0) is 23.1. The van der Waals surface area contributed by atoms with Crippen molar-refractivity contribution in [2.75, 3.05) is 50.7 Å². The molecule has 1 fully saturated rings. The molecule has 1 saturated heterocycles. The molecule has 0 aliphatic carbocycles. The van der Waals surface area contributed by atoms with E-state index in [1.807, 2.05) is 13.0 Å². The molecule has 0 spiro atoms. The topological polar surface area (TPSA) is 81.7 Å². The van der Waals surface area contributed by atoms with Gasteiger partial charge in [-0.3, -0.25) is 9.69 Å². The van der Waals surface area contributed by atoms with E-state index in [1.54, 1.807) is 31.2 Å². The minimum Gasteiger partial charge on any atom is -0.369 e. The molecule has 0 saturated carbocycles. The molecule has 0 aromatic heterocycles. The van der Waals surface area contributed by atoms with Gasteiger partial charge >= 0.3 is 0 Å². The summed E-state index contributed by atoms with van der Waals surface area (Å²) in [6.07, 6.45) is 0.0858. The van der Waals surface area contributed by atoms with Crippen molar-refractivity contribution in [1.29, 1.82) is 0 Å². The highest BCUT2D eigenvalue weighted by atomic mass is 32.2. The van der Waals surface area contributed by atoms with Gasteiger partial charge in [0.2, 0.25) is 15.9 Å². The Bertz CT molecular complexity index is 1020. The van der Waals surface area contributed by atoms with Crippen LogP contribution in [0.25, 0.3) is 0 Å². The van der Waals surface area contributed by atoms with Gasteiger partial charge in [-0.25, -0.2) is 17.5 Å². The molecular formula is C23H31FN4O3S. The van der Waals surface area contributed by atoms with E-state index >= 15 is 0 Å². The van der Waals surface area contributed by atoms with Crippen LogP contribution in [0, 0.1) is 19.7 Å². The lowest BCUT2D eigenvalue weighted by Crippen LogP contribution is -2.48. The number of aryl methyl sites for hydroxylation is 2.